The van der Waals surface area contributed by atoms with Gasteiger partial charge in [-0.2, -0.15) is 4.98 Å². The summed E-state index contributed by atoms with van der Waals surface area (Å²) in [6.45, 7) is 9.32. The molecule has 1 aliphatic heterocycles. The Hall–Kier alpha value is -2.82. The van der Waals surface area contributed by atoms with Gasteiger partial charge in [-0.15, -0.1) is 0 Å². The van der Waals surface area contributed by atoms with Gasteiger partial charge in [-0.05, 0) is 69.5 Å². The molecule has 0 radical (unpaired) electrons. The van der Waals surface area contributed by atoms with Gasteiger partial charge < -0.3 is 19.2 Å². The van der Waals surface area contributed by atoms with E-state index in [1.807, 2.05) is 26.8 Å². The number of likely N-dealkylation sites (tertiary alicyclic amines) is 1. The first kappa shape index (κ1) is 26.2. The number of benzene rings is 2. The standard InChI is InChI=1S/C26H36N4O5S/c1-6-33-25-15-19(7-9-24(25)34-18(2)3)17-30-13-11-20(12-14-30)27-26-28-22-16-21(8-10-23(22)35-26)36(31,32)29(4)5/h7-10,15-16,18,20H,6,11-14,17H2,1-5H3,(H,27,28). The number of aromatic nitrogens is 1. The van der Waals surface area contributed by atoms with Gasteiger partial charge in [-0.25, -0.2) is 12.7 Å². The summed E-state index contributed by atoms with van der Waals surface area (Å²) in [4.78, 5) is 7.11. The molecule has 2 heterocycles. The normalized spacial score (nSPS) is 15.6. The minimum Gasteiger partial charge on any atom is -0.490 e. The third kappa shape index (κ3) is 6.11. The summed E-state index contributed by atoms with van der Waals surface area (Å²) < 4.78 is 43.5. The Labute approximate surface area is 213 Å². The van der Waals surface area contributed by atoms with E-state index in [1.165, 1.54) is 24.0 Å². The van der Waals surface area contributed by atoms with Gasteiger partial charge in [0.05, 0.1) is 17.6 Å². The molecule has 0 atom stereocenters. The van der Waals surface area contributed by atoms with Gasteiger partial charge in [-0.1, -0.05) is 6.07 Å². The van der Waals surface area contributed by atoms with Crippen LogP contribution in [0.1, 0.15) is 39.2 Å². The fourth-order valence-electron chi connectivity index (χ4n) is 4.28. The Kier molecular flexibility index (Phi) is 8.07. The van der Waals surface area contributed by atoms with Crippen molar-refractivity contribution in [3.05, 3.63) is 42.0 Å². The summed E-state index contributed by atoms with van der Waals surface area (Å²) in [5.41, 5.74) is 2.28. The molecule has 0 saturated carbocycles. The summed E-state index contributed by atoms with van der Waals surface area (Å²) >= 11 is 0. The van der Waals surface area contributed by atoms with Crippen LogP contribution in [0.25, 0.3) is 11.1 Å². The molecule has 9 nitrogen and oxygen atoms in total. The Balaban J connectivity index is 1.35. The molecule has 0 aliphatic carbocycles. The highest BCUT2D eigenvalue weighted by Gasteiger charge is 2.23. The van der Waals surface area contributed by atoms with Crippen molar-refractivity contribution in [1.82, 2.24) is 14.2 Å². The fourth-order valence-corrected chi connectivity index (χ4v) is 5.20. The minimum absolute atomic E-state index is 0.0935. The number of rotatable bonds is 10. The zero-order valence-electron chi connectivity index (χ0n) is 21.7. The zero-order valence-corrected chi connectivity index (χ0v) is 22.5. The van der Waals surface area contributed by atoms with E-state index in [2.05, 4.69) is 27.3 Å². The number of sulfonamides is 1. The van der Waals surface area contributed by atoms with E-state index >= 15 is 0 Å². The number of hydrogen-bond donors (Lipinski definition) is 1. The van der Waals surface area contributed by atoms with Crippen molar-refractivity contribution >= 4 is 27.1 Å². The maximum absolute atomic E-state index is 12.4. The highest BCUT2D eigenvalue weighted by atomic mass is 32.2. The average Bonchev–Trinajstić information content (AvgIpc) is 3.23. The van der Waals surface area contributed by atoms with Gasteiger partial charge in [0, 0.05) is 39.8 Å². The van der Waals surface area contributed by atoms with Crippen molar-refractivity contribution in [2.24, 2.45) is 0 Å². The SMILES string of the molecule is CCOc1cc(CN2CCC(Nc3nc4cc(S(=O)(=O)N(C)C)ccc4o3)CC2)ccc1OC(C)C. The number of fused-ring (bicyclic) bond motifs is 1. The Morgan fingerprint density at radius 2 is 1.89 bits per heavy atom. The highest BCUT2D eigenvalue weighted by molar-refractivity contribution is 7.89. The van der Waals surface area contributed by atoms with Gasteiger partial charge in [0.1, 0.15) is 5.52 Å². The predicted octanol–water partition coefficient (Wildman–Crippen LogP) is 4.34. The molecule has 36 heavy (non-hydrogen) atoms. The number of oxazole rings is 1. The van der Waals surface area contributed by atoms with Crippen molar-refractivity contribution in [1.29, 1.82) is 0 Å². The van der Waals surface area contributed by atoms with Crippen LogP contribution in [-0.2, 0) is 16.6 Å². The molecule has 1 fully saturated rings. The van der Waals surface area contributed by atoms with Crippen LogP contribution >= 0.6 is 0 Å². The Bertz CT molecular complexity index is 1280. The predicted molar refractivity (Wildman–Crippen MR) is 140 cm³/mol. The number of ether oxygens (including phenoxy) is 2. The molecular formula is C26H36N4O5S. The molecule has 0 unspecified atom stereocenters. The molecule has 1 N–H and O–H groups in total. The molecule has 2 aromatic carbocycles. The zero-order chi connectivity index (χ0) is 25.9. The van der Waals surface area contributed by atoms with E-state index in [1.54, 1.807) is 18.2 Å². The maximum Gasteiger partial charge on any atom is 0.295 e. The van der Waals surface area contributed by atoms with Crippen LogP contribution < -0.4 is 14.8 Å². The molecule has 1 saturated heterocycles. The topological polar surface area (TPSA) is 97.1 Å². The van der Waals surface area contributed by atoms with Crippen LogP contribution in [0, 0.1) is 0 Å². The van der Waals surface area contributed by atoms with E-state index in [0.717, 1.165) is 44.0 Å². The minimum atomic E-state index is -3.52. The Morgan fingerprint density at radius 3 is 2.56 bits per heavy atom. The lowest BCUT2D eigenvalue weighted by atomic mass is 10.0. The lowest BCUT2D eigenvalue weighted by Gasteiger charge is -2.32. The molecule has 1 aliphatic rings. The van der Waals surface area contributed by atoms with Crippen LogP contribution in [0.4, 0.5) is 6.01 Å². The van der Waals surface area contributed by atoms with Gasteiger partial charge >= 0.3 is 0 Å². The maximum atomic E-state index is 12.4. The van der Waals surface area contributed by atoms with Crippen LogP contribution in [0.3, 0.4) is 0 Å². The number of anilines is 1. The quantitative estimate of drug-likeness (QED) is 0.425. The first-order valence-electron chi connectivity index (χ1n) is 12.4. The lowest BCUT2D eigenvalue weighted by Crippen LogP contribution is -2.38. The van der Waals surface area contributed by atoms with Gasteiger partial charge in [0.15, 0.2) is 17.1 Å². The summed E-state index contributed by atoms with van der Waals surface area (Å²) in [6.07, 6.45) is 1.99. The average molecular weight is 517 g/mol. The van der Waals surface area contributed by atoms with Crippen LogP contribution in [0.5, 0.6) is 11.5 Å². The van der Waals surface area contributed by atoms with Gasteiger partial charge in [0.25, 0.3) is 6.01 Å². The van der Waals surface area contributed by atoms with E-state index in [4.69, 9.17) is 13.9 Å². The third-order valence-electron chi connectivity index (χ3n) is 6.13. The summed E-state index contributed by atoms with van der Waals surface area (Å²) in [5.74, 6) is 1.57. The van der Waals surface area contributed by atoms with Crippen molar-refractivity contribution in [2.75, 3.05) is 39.1 Å². The fraction of sp³-hybridized carbons (Fsp3) is 0.500. The van der Waals surface area contributed by atoms with Crippen LogP contribution in [0.2, 0.25) is 0 Å². The smallest absolute Gasteiger partial charge is 0.295 e. The molecule has 1 aromatic heterocycles. The van der Waals surface area contributed by atoms with Crippen molar-refractivity contribution in [3.8, 4) is 11.5 Å². The van der Waals surface area contributed by atoms with Crippen molar-refractivity contribution in [2.45, 2.75) is 57.2 Å². The molecule has 196 valence electrons. The highest BCUT2D eigenvalue weighted by Crippen LogP contribution is 2.31. The lowest BCUT2D eigenvalue weighted by molar-refractivity contribution is 0.208. The molecule has 0 spiro atoms. The number of piperidine rings is 1. The second-order valence-electron chi connectivity index (χ2n) is 9.51. The number of hydrogen-bond acceptors (Lipinski definition) is 8. The van der Waals surface area contributed by atoms with E-state index < -0.39 is 10.0 Å². The van der Waals surface area contributed by atoms with E-state index in [0.29, 0.717) is 23.7 Å². The summed E-state index contributed by atoms with van der Waals surface area (Å²) in [5, 5.41) is 3.39. The molecule has 3 aromatic rings. The number of nitrogens with zero attached hydrogens (tertiary/aromatic N) is 3. The van der Waals surface area contributed by atoms with E-state index in [9.17, 15) is 8.42 Å². The molecule has 4 rings (SSSR count). The first-order chi connectivity index (χ1) is 17.2. The molecular weight excluding hydrogens is 480 g/mol. The third-order valence-corrected chi connectivity index (χ3v) is 7.94. The van der Waals surface area contributed by atoms with Crippen LogP contribution in [-0.4, -0.2) is 68.5 Å². The van der Waals surface area contributed by atoms with Crippen molar-refractivity contribution in [3.63, 3.8) is 0 Å². The van der Waals surface area contributed by atoms with E-state index in [-0.39, 0.29) is 17.0 Å². The van der Waals surface area contributed by atoms with Crippen LogP contribution in [0.15, 0.2) is 45.7 Å². The van der Waals surface area contributed by atoms with Gasteiger partial charge in [-0.3, -0.25) is 4.90 Å². The largest absolute Gasteiger partial charge is 0.490 e. The first-order valence-corrected chi connectivity index (χ1v) is 13.8. The molecule has 10 heteroatoms. The monoisotopic (exact) mass is 516 g/mol. The summed E-state index contributed by atoms with van der Waals surface area (Å²) in [6, 6.07) is 11.6. The number of nitrogens with one attached hydrogen (secondary N) is 1. The second-order valence-corrected chi connectivity index (χ2v) is 11.7. The van der Waals surface area contributed by atoms with Gasteiger partial charge in [0.2, 0.25) is 10.0 Å². The Morgan fingerprint density at radius 1 is 1.14 bits per heavy atom. The molecule has 0 amide bonds. The molecule has 0 bridgehead atoms. The summed E-state index contributed by atoms with van der Waals surface area (Å²) in [7, 11) is -0.502. The second kappa shape index (κ2) is 11.1. The van der Waals surface area contributed by atoms with Crippen molar-refractivity contribution < 1.29 is 22.3 Å².